The summed E-state index contributed by atoms with van der Waals surface area (Å²) in [5.41, 5.74) is 4.25. The van der Waals surface area contributed by atoms with E-state index in [1.54, 1.807) is 6.20 Å². The number of aromatic nitrogens is 3. The van der Waals surface area contributed by atoms with Crippen molar-refractivity contribution in [3.63, 3.8) is 0 Å². The second-order valence-corrected chi connectivity index (χ2v) is 9.02. The maximum Gasteiger partial charge on any atom is 0.310 e. The first-order valence-corrected chi connectivity index (χ1v) is 12.2. The van der Waals surface area contributed by atoms with Gasteiger partial charge in [-0.2, -0.15) is 5.10 Å². The lowest BCUT2D eigenvalue weighted by Crippen LogP contribution is -2.09. The minimum absolute atomic E-state index is 0.208. The van der Waals surface area contributed by atoms with Gasteiger partial charge < -0.3 is 9.47 Å². The molecule has 0 saturated heterocycles. The number of esters is 1. The smallest absolute Gasteiger partial charge is 0.310 e. The Kier molecular flexibility index (Phi) is 9.06. The van der Waals surface area contributed by atoms with Crippen LogP contribution in [0, 0.1) is 6.92 Å². The van der Waals surface area contributed by atoms with Crippen LogP contribution in [0.4, 0.5) is 0 Å². The molecule has 0 fully saturated rings. The van der Waals surface area contributed by atoms with Crippen molar-refractivity contribution < 1.29 is 14.3 Å². The lowest BCUT2D eigenvalue weighted by molar-refractivity contribution is -0.139. The van der Waals surface area contributed by atoms with Gasteiger partial charge >= 0.3 is 5.97 Å². The molecule has 0 atom stereocenters. The third kappa shape index (κ3) is 6.44. The van der Waals surface area contributed by atoms with Gasteiger partial charge in [0.25, 0.3) is 0 Å². The van der Waals surface area contributed by atoms with Gasteiger partial charge in [-0.05, 0) is 71.8 Å². The Bertz CT molecular complexity index is 1060. The molecule has 33 heavy (non-hydrogen) atoms. The number of hydrogen-bond donors (Lipinski definition) is 0. The third-order valence-corrected chi connectivity index (χ3v) is 6.30. The van der Waals surface area contributed by atoms with Crippen LogP contribution in [-0.4, -0.2) is 34.5 Å². The maximum atomic E-state index is 11.8. The fraction of sp³-hybridized carbons (Fsp3) is 0.423. The Hall–Kier alpha value is -2.67. The zero-order chi connectivity index (χ0) is 23.8. The van der Waals surface area contributed by atoms with Crippen LogP contribution in [0.15, 0.2) is 47.2 Å². The highest BCUT2D eigenvalue weighted by Crippen LogP contribution is 2.28. The summed E-state index contributed by atoms with van der Waals surface area (Å²) >= 11 is 3.44. The number of para-hydroxylation sites is 1. The van der Waals surface area contributed by atoms with Crippen LogP contribution in [0.1, 0.15) is 61.4 Å². The predicted molar refractivity (Wildman–Crippen MR) is 133 cm³/mol. The molecule has 0 aliphatic carbocycles. The molecule has 3 aromatic rings. The monoisotopic (exact) mass is 513 g/mol. The average Bonchev–Trinajstić information content (AvgIpc) is 3.23. The van der Waals surface area contributed by atoms with Gasteiger partial charge in [-0.25, -0.2) is 9.67 Å². The zero-order valence-corrected chi connectivity index (χ0v) is 21.4. The molecule has 2 aromatic heterocycles. The highest BCUT2D eigenvalue weighted by molar-refractivity contribution is 9.10. The van der Waals surface area contributed by atoms with Gasteiger partial charge in [-0.15, -0.1) is 0 Å². The van der Waals surface area contributed by atoms with Gasteiger partial charge in [-0.3, -0.25) is 4.79 Å². The normalized spacial score (nSPS) is 11.1. The molecule has 1 aromatic carbocycles. The number of rotatable bonds is 11. The number of methoxy groups -OCH3 is 1. The summed E-state index contributed by atoms with van der Waals surface area (Å²) in [6.07, 6.45) is 7.89. The Balaban J connectivity index is 1.72. The van der Waals surface area contributed by atoms with E-state index in [1.807, 2.05) is 41.9 Å². The average molecular weight is 514 g/mol. The molecule has 0 saturated carbocycles. The molecule has 176 valence electrons. The Labute approximate surface area is 204 Å². The number of halogens is 1. The third-order valence-electron chi connectivity index (χ3n) is 5.83. The van der Waals surface area contributed by atoms with Crippen molar-refractivity contribution in [2.45, 2.75) is 58.8 Å². The van der Waals surface area contributed by atoms with E-state index in [9.17, 15) is 4.79 Å². The second kappa shape index (κ2) is 12.0. The predicted octanol–water partition coefficient (Wildman–Crippen LogP) is 5.97. The molecule has 0 radical (unpaired) electrons. The molecule has 0 N–H and O–H groups in total. The number of hydrogen-bond acceptors (Lipinski definition) is 5. The number of carbonyl (C=O) groups excluding carboxylic acids is 1. The van der Waals surface area contributed by atoms with Crippen LogP contribution in [0.5, 0.6) is 5.75 Å². The van der Waals surface area contributed by atoms with Crippen LogP contribution in [0.2, 0.25) is 0 Å². The van der Waals surface area contributed by atoms with Gasteiger partial charge in [-0.1, -0.05) is 32.0 Å². The van der Waals surface area contributed by atoms with Crippen LogP contribution >= 0.6 is 15.9 Å². The minimum atomic E-state index is -0.269. The molecule has 7 heteroatoms. The van der Waals surface area contributed by atoms with E-state index in [-0.39, 0.29) is 12.4 Å². The first kappa shape index (κ1) is 25.0. The summed E-state index contributed by atoms with van der Waals surface area (Å²) < 4.78 is 13.8. The molecular formula is C26H32BrN3O3. The van der Waals surface area contributed by atoms with E-state index >= 15 is 0 Å². The molecular weight excluding hydrogens is 482 g/mol. The maximum absolute atomic E-state index is 11.8. The van der Waals surface area contributed by atoms with Crippen molar-refractivity contribution in [1.29, 1.82) is 0 Å². The highest BCUT2D eigenvalue weighted by atomic mass is 79.9. The van der Waals surface area contributed by atoms with E-state index in [0.717, 1.165) is 58.5 Å². The summed E-state index contributed by atoms with van der Waals surface area (Å²) in [4.78, 5) is 16.3. The van der Waals surface area contributed by atoms with Crippen LogP contribution in [0.25, 0.3) is 5.82 Å². The van der Waals surface area contributed by atoms with E-state index in [4.69, 9.17) is 14.6 Å². The molecule has 0 bridgehead atoms. The quantitative estimate of drug-likeness (QED) is 0.233. The van der Waals surface area contributed by atoms with E-state index < -0.39 is 0 Å². The molecule has 0 spiro atoms. The summed E-state index contributed by atoms with van der Waals surface area (Å²) in [7, 11) is 1.40. The van der Waals surface area contributed by atoms with Crippen molar-refractivity contribution in [3.05, 3.63) is 69.6 Å². The summed E-state index contributed by atoms with van der Waals surface area (Å²) in [5.74, 6) is 1.73. The van der Waals surface area contributed by atoms with Crippen molar-refractivity contribution in [1.82, 2.24) is 14.8 Å². The Morgan fingerprint density at radius 3 is 2.61 bits per heavy atom. The molecule has 0 aliphatic rings. The first-order chi connectivity index (χ1) is 16.0. The van der Waals surface area contributed by atoms with Gasteiger partial charge in [0.15, 0.2) is 5.82 Å². The molecule has 0 aliphatic heterocycles. The van der Waals surface area contributed by atoms with Crippen LogP contribution < -0.4 is 4.74 Å². The lowest BCUT2D eigenvalue weighted by Gasteiger charge is -2.14. The van der Waals surface area contributed by atoms with Crippen LogP contribution in [-0.2, 0) is 22.4 Å². The Morgan fingerprint density at radius 1 is 1.15 bits per heavy atom. The van der Waals surface area contributed by atoms with Crippen molar-refractivity contribution >= 4 is 21.9 Å². The SMILES string of the molecule is CCC(CC)c1nn(-c2ccc(Br)cn2)cc1CCCOc1c(C)cccc1CC(=O)OC. The Morgan fingerprint density at radius 2 is 1.94 bits per heavy atom. The molecule has 0 amide bonds. The standard InChI is InChI=1S/C26H32BrN3O3/c1-5-19(6-2)25-21(17-30(29-25)23-13-12-22(27)16-28-23)11-8-14-33-26-18(3)9-7-10-20(26)15-24(31)32-4/h7,9-10,12-13,16-17,19H,5-6,8,11,14-15H2,1-4H3. The van der Waals surface area contributed by atoms with Crippen LogP contribution in [0.3, 0.4) is 0 Å². The number of carbonyl (C=O) groups is 1. The molecule has 0 unspecified atom stereocenters. The van der Waals surface area contributed by atoms with E-state index in [1.165, 1.54) is 12.7 Å². The first-order valence-electron chi connectivity index (χ1n) is 11.4. The fourth-order valence-electron chi connectivity index (χ4n) is 3.98. The number of nitrogens with zero attached hydrogens (tertiary/aromatic N) is 3. The largest absolute Gasteiger partial charge is 0.493 e. The number of pyridine rings is 1. The van der Waals surface area contributed by atoms with Crippen molar-refractivity contribution in [2.24, 2.45) is 0 Å². The fourth-order valence-corrected chi connectivity index (χ4v) is 4.21. The van der Waals surface area contributed by atoms with Gasteiger partial charge in [0.05, 0.1) is 25.8 Å². The number of ether oxygens (including phenoxy) is 2. The summed E-state index contributed by atoms with van der Waals surface area (Å²) in [6.45, 7) is 6.97. The lowest BCUT2D eigenvalue weighted by atomic mass is 9.95. The number of benzene rings is 1. The minimum Gasteiger partial charge on any atom is -0.493 e. The summed E-state index contributed by atoms with van der Waals surface area (Å²) in [5, 5.41) is 4.91. The van der Waals surface area contributed by atoms with Crippen molar-refractivity contribution in [3.8, 4) is 11.6 Å². The van der Waals surface area contributed by atoms with Crippen molar-refractivity contribution in [2.75, 3.05) is 13.7 Å². The van der Waals surface area contributed by atoms with E-state index in [0.29, 0.717) is 12.5 Å². The second-order valence-electron chi connectivity index (χ2n) is 8.10. The highest BCUT2D eigenvalue weighted by Gasteiger charge is 2.18. The molecule has 6 nitrogen and oxygen atoms in total. The molecule has 2 heterocycles. The van der Waals surface area contributed by atoms with Gasteiger partial charge in [0.2, 0.25) is 0 Å². The van der Waals surface area contributed by atoms with Gasteiger partial charge in [0, 0.05) is 28.3 Å². The summed E-state index contributed by atoms with van der Waals surface area (Å²) in [6, 6.07) is 9.79. The zero-order valence-electron chi connectivity index (χ0n) is 19.8. The van der Waals surface area contributed by atoms with E-state index in [2.05, 4.69) is 41.0 Å². The van der Waals surface area contributed by atoms with Gasteiger partial charge in [0.1, 0.15) is 5.75 Å². The molecule has 3 rings (SSSR count). The topological polar surface area (TPSA) is 66.2 Å². The number of aryl methyl sites for hydroxylation is 2.